The molecule has 0 amide bonds. The van der Waals surface area contributed by atoms with Crippen LogP contribution >= 0.6 is 0 Å². The predicted octanol–water partition coefficient (Wildman–Crippen LogP) is 3.82. The van der Waals surface area contributed by atoms with Gasteiger partial charge in [0.2, 0.25) is 0 Å². The van der Waals surface area contributed by atoms with Crippen LogP contribution in [0.25, 0.3) is 11.1 Å². The van der Waals surface area contributed by atoms with Gasteiger partial charge in [0, 0.05) is 5.57 Å². The molecule has 118 valence electrons. The van der Waals surface area contributed by atoms with Crippen molar-refractivity contribution < 1.29 is 23.5 Å². The highest BCUT2D eigenvalue weighted by Gasteiger charge is 2.12. The van der Waals surface area contributed by atoms with Gasteiger partial charge in [-0.05, 0) is 54.8 Å². The molecule has 0 aliphatic heterocycles. The van der Waals surface area contributed by atoms with Crippen molar-refractivity contribution in [1.82, 2.24) is 0 Å². The standard InChI is InChI=1S/C18H15FO4/c1-11(2)18(21)23-17-7-5-14(9-15(17)19)13-4-6-16(22-10-20)12(3)8-13/h4-10H,1H2,2-3H3. The third-order valence-corrected chi connectivity index (χ3v) is 3.17. The van der Waals surface area contributed by atoms with Gasteiger partial charge in [-0.25, -0.2) is 9.18 Å². The minimum atomic E-state index is -0.678. The van der Waals surface area contributed by atoms with Crippen LogP contribution in [-0.4, -0.2) is 12.4 Å². The van der Waals surface area contributed by atoms with Crippen LogP contribution in [0.15, 0.2) is 48.6 Å². The fourth-order valence-electron chi connectivity index (χ4n) is 1.96. The van der Waals surface area contributed by atoms with Crippen LogP contribution in [0, 0.1) is 12.7 Å². The molecule has 0 N–H and O–H groups in total. The van der Waals surface area contributed by atoms with Crippen molar-refractivity contribution in [3.8, 4) is 22.6 Å². The lowest BCUT2D eigenvalue weighted by Crippen LogP contribution is -2.09. The van der Waals surface area contributed by atoms with Gasteiger partial charge in [0.1, 0.15) is 5.75 Å². The number of rotatable bonds is 5. The maximum atomic E-state index is 14.1. The van der Waals surface area contributed by atoms with Gasteiger partial charge in [-0.3, -0.25) is 4.79 Å². The molecule has 0 heterocycles. The van der Waals surface area contributed by atoms with Crippen molar-refractivity contribution in [1.29, 1.82) is 0 Å². The number of hydrogen-bond acceptors (Lipinski definition) is 4. The summed E-state index contributed by atoms with van der Waals surface area (Å²) in [5, 5.41) is 0. The number of benzene rings is 2. The van der Waals surface area contributed by atoms with Crippen molar-refractivity contribution in [2.75, 3.05) is 0 Å². The molecule has 0 saturated heterocycles. The highest BCUT2D eigenvalue weighted by Crippen LogP contribution is 2.29. The second kappa shape index (κ2) is 6.87. The van der Waals surface area contributed by atoms with E-state index < -0.39 is 11.8 Å². The summed E-state index contributed by atoms with van der Waals surface area (Å²) in [5.74, 6) is -1.04. The quantitative estimate of drug-likeness (QED) is 0.364. The fraction of sp³-hybridized carbons (Fsp3) is 0.111. The summed E-state index contributed by atoms with van der Waals surface area (Å²) in [6.45, 7) is 7.06. The summed E-state index contributed by atoms with van der Waals surface area (Å²) in [6.07, 6.45) is 0. The maximum Gasteiger partial charge on any atom is 0.338 e. The molecule has 2 aromatic rings. The Balaban J connectivity index is 2.29. The molecule has 0 fully saturated rings. The van der Waals surface area contributed by atoms with E-state index in [-0.39, 0.29) is 11.3 Å². The van der Waals surface area contributed by atoms with Crippen molar-refractivity contribution >= 4 is 12.4 Å². The Morgan fingerprint density at radius 2 is 1.74 bits per heavy atom. The van der Waals surface area contributed by atoms with Crippen LogP contribution in [0.1, 0.15) is 12.5 Å². The Hall–Kier alpha value is -2.95. The molecule has 2 aromatic carbocycles. The van der Waals surface area contributed by atoms with Crippen molar-refractivity contribution in [3.05, 3.63) is 59.9 Å². The molecule has 0 saturated carbocycles. The summed E-state index contributed by atoms with van der Waals surface area (Å²) in [6, 6.07) is 9.41. The van der Waals surface area contributed by atoms with Crippen LogP contribution in [0.2, 0.25) is 0 Å². The first-order valence-electron chi connectivity index (χ1n) is 6.81. The van der Waals surface area contributed by atoms with Crippen molar-refractivity contribution in [3.63, 3.8) is 0 Å². The fourth-order valence-corrected chi connectivity index (χ4v) is 1.96. The lowest BCUT2D eigenvalue weighted by atomic mass is 10.0. The zero-order chi connectivity index (χ0) is 17.0. The summed E-state index contributed by atoms with van der Waals surface area (Å²) >= 11 is 0. The summed E-state index contributed by atoms with van der Waals surface area (Å²) in [7, 11) is 0. The van der Waals surface area contributed by atoms with E-state index in [4.69, 9.17) is 9.47 Å². The average Bonchev–Trinajstić information content (AvgIpc) is 2.51. The Morgan fingerprint density at radius 3 is 2.26 bits per heavy atom. The van der Waals surface area contributed by atoms with E-state index in [0.717, 1.165) is 11.1 Å². The van der Waals surface area contributed by atoms with E-state index in [9.17, 15) is 14.0 Å². The molecule has 4 nitrogen and oxygen atoms in total. The van der Waals surface area contributed by atoms with E-state index in [0.29, 0.717) is 17.8 Å². The first-order chi connectivity index (χ1) is 10.9. The van der Waals surface area contributed by atoms with Gasteiger partial charge in [-0.15, -0.1) is 0 Å². The number of ether oxygens (including phenoxy) is 2. The van der Waals surface area contributed by atoms with E-state index in [1.54, 1.807) is 31.2 Å². The molecule has 0 bridgehead atoms. The van der Waals surface area contributed by atoms with Gasteiger partial charge in [-0.2, -0.15) is 0 Å². The second-order valence-electron chi connectivity index (χ2n) is 5.01. The van der Waals surface area contributed by atoms with Gasteiger partial charge in [0.05, 0.1) is 0 Å². The van der Waals surface area contributed by atoms with Gasteiger partial charge >= 0.3 is 5.97 Å². The molecule has 0 atom stereocenters. The lowest BCUT2D eigenvalue weighted by molar-refractivity contribution is -0.130. The highest BCUT2D eigenvalue weighted by atomic mass is 19.1. The number of carbonyl (C=O) groups is 2. The van der Waals surface area contributed by atoms with Gasteiger partial charge in [0.25, 0.3) is 6.47 Å². The van der Waals surface area contributed by atoms with E-state index in [1.165, 1.54) is 19.1 Å². The van der Waals surface area contributed by atoms with Crippen molar-refractivity contribution in [2.24, 2.45) is 0 Å². The molecule has 5 heteroatoms. The van der Waals surface area contributed by atoms with E-state index in [1.807, 2.05) is 0 Å². The van der Waals surface area contributed by atoms with Gasteiger partial charge in [0.15, 0.2) is 11.6 Å². The first-order valence-corrected chi connectivity index (χ1v) is 6.81. The monoisotopic (exact) mass is 314 g/mol. The maximum absolute atomic E-state index is 14.1. The molecule has 0 unspecified atom stereocenters. The molecule has 0 aliphatic rings. The Bertz CT molecular complexity index is 781. The summed E-state index contributed by atoms with van der Waals surface area (Å²) in [4.78, 5) is 21.8. The van der Waals surface area contributed by atoms with Gasteiger partial charge in [-0.1, -0.05) is 18.7 Å². The molecule has 23 heavy (non-hydrogen) atoms. The Kier molecular flexibility index (Phi) is 4.91. The lowest BCUT2D eigenvalue weighted by Gasteiger charge is -2.09. The van der Waals surface area contributed by atoms with Crippen LogP contribution in [0.4, 0.5) is 4.39 Å². The molecule has 2 rings (SSSR count). The predicted molar refractivity (Wildman–Crippen MR) is 83.7 cm³/mol. The zero-order valence-electron chi connectivity index (χ0n) is 12.8. The SMILES string of the molecule is C=C(C)C(=O)Oc1ccc(-c2ccc(OC=O)c(C)c2)cc1F. The second-order valence-corrected chi connectivity index (χ2v) is 5.01. The largest absolute Gasteiger partial charge is 0.428 e. The molecule has 0 radical (unpaired) electrons. The van der Waals surface area contributed by atoms with E-state index in [2.05, 4.69) is 6.58 Å². The van der Waals surface area contributed by atoms with E-state index >= 15 is 0 Å². The third-order valence-electron chi connectivity index (χ3n) is 3.17. The third kappa shape index (κ3) is 3.83. The number of carbonyl (C=O) groups excluding carboxylic acids is 2. The minimum Gasteiger partial charge on any atom is -0.428 e. The smallest absolute Gasteiger partial charge is 0.338 e. The number of aryl methyl sites for hydroxylation is 1. The Labute approximate surface area is 133 Å². The number of esters is 1. The number of halogens is 1. The number of hydrogen-bond donors (Lipinski definition) is 0. The Morgan fingerprint density at radius 1 is 1.13 bits per heavy atom. The van der Waals surface area contributed by atoms with Crippen LogP contribution in [0.5, 0.6) is 11.5 Å². The zero-order valence-corrected chi connectivity index (χ0v) is 12.8. The van der Waals surface area contributed by atoms with Crippen LogP contribution < -0.4 is 9.47 Å². The normalized spacial score (nSPS) is 10.0. The molecule has 0 spiro atoms. The van der Waals surface area contributed by atoms with Crippen LogP contribution in [0.3, 0.4) is 0 Å². The average molecular weight is 314 g/mol. The summed E-state index contributed by atoms with van der Waals surface area (Å²) in [5.41, 5.74) is 2.29. The molecular formula is C18H15FO4. The molecule has 0 aliphatic carbocycles. The van der Waals surface area contributed by atoms with Gasteiger partial charge < -0.3 is 9.47 Å². The minimum absolute atomic E-state index is 0.153. The topological polar surface area (TPSA) is 52.6 Å². The molecule has 0 aromatic heterocycles. The van der Waals surface area contributed by atoms with Crippen LogP contribution in [-0.2, 0) is 9.59 Å². The highest BCUT2D eigenvalue weighted by molar-refractivity contribution is 5.88. The molecular weight excluding hydrogens is 299 g/mol. The van der Waals surface area contributed by atoms with Crippen molar-refractivity contribution in [2.45, 2.75) is 13.8 Å². The summed E-state index contributed by atoms with van der Waals surface area (Å²) < 4.78 is 23.8. The first kappa shape index (κ1) is 16.4.